The van der Waals surface area contributed by atoms with Crippen molar-refractivity contribution in [3.05, 3.63) is 91.8 Å². The van der Waals surface area contributed by atoms with Crippen molar-refractivity contribution in [1.82, 2.24) is 13.9 Å². The Labute approximate surface area is 231 Å². The molecule has 0 amide bonds. The first kappa shape index (κ1) is 28.2. The molecule has 40 heavy (non-hydrogen) atoms. The molecule has 0 unspecified atom stereocenters. The summed E-state index contributed by atoms with van der Waals surface area (Å²) in [6.45, 7) is 5.15. The van der Waals surface area contributed by atoms with Gasteiger partial charge in [-0.3, -0.25) is 9.36 Å². The van der Waals surface area contributed by atoms with Gasteiger partial charge in [0.15, 0.2) is 5.84 Å². The second kappa shape index (κ2) is 11.1. The molecule has 4 rings (SSSR count). The molecule has 0 atom stereocenters. The molecule has 12 heteroatoms. The lowest BCUT2D eigenvalue weighted by molar-refractivity contribution is 0.587. The smallest absolute Gasteiger partial charge is 0.337 e. The fourth-order valence-electron chi connectivity index (χ4n) is 4.59. The lowest BCUT2D eigenvalue weighted by Crippen LogP contribution is -2.42. The molecule has 0 aliphatic carbocycles. The molecular formula is C28H27N7O4S. The van der Waals surface area contributed by atoms with Gasteiger partial charge in [0.05, 0.1) is 23.2 Å². The van der Waals surface area contributed by atoms with Crippen LogP contribution in [0.5, 0.6) is 0 Å². The zero-order valence-electron chi connectivity index (χ0n) is 22.5. The molecular weight excluding hydrogens is 530 g/mol. The SMILES string of the molecule is CCN(CCNS(C)(=O)=O)c1ccc(N=C2C(c3ccccc3)=C(C#N)c3c(C#N)c(=O)n(C)c(=O)n32)c(C)c1. The monoisotopic (exact) mass is 557 g/mol. The van der Waals surface area contributed by atoms with Crippen molar-refractivity contribution < 1.29 is 8.42 Å². The van der Waals surface area contributed by atoms with Gasteiger partial charge in [-0.15, -0.1) is 0 Å². The predicted molar refractivity (Wildman–Crippen MR) is 154 cm³/mol. The number of aromatic nitrogens is 2. The molecule has 1 aromatic heterocycles. The summed E-state index contributed by atoms with van der Waals surface area (Å²) in [5.74, 6) is 0.135. The number of benzene rings is 2. The van der Waals surface area contributed by atoms with Gasteiger partial charge in [-0.1, -0.05) is 30.3 Å². The van der Waals surface area contributed by atoms with Gasteiger partial charge in [0.2, 0.25) is 10.0 Å². The minimum Gasteiger partial charge on any atom is -0.370 e. The second-order valence-corrected chi connectivity index (χ2v) is 11.0. The molecule has 11 nitrogen and oxygen atoms in total. The Hall–Kier alpha value is -4.78. The first-order valence-corrected chi connectivity index (χ1v) is 14.3. The average molecular weight is 558 g/mol. The molecule has 204 valence electrons. The fourth-order valence-corrected chi connectivity index (χ4v) is 5.06. The van der Waals surface area contributed by atoms with Gasteiger partial charge in [0, 0.05) is 37.9 Å². The second-order valence-electron chi connectivity index (χ2n) is 9.20. The van der Waals surface area contributed by atoms with E-state index in [1.165, 1.54) is 7.05 Å². The maximum Gasteiger partial charge on any atom is 0.337 e. The number of rotatable bonds is 8. The number of aryl methyl sites for hydroxylation is 1. The van der Waals surface area contributed by atoms with E-state index in [0.29, 0.717) is 29.9 Å². The Morgan fingerprint density at radius 2 is 1.77 bits per heavy atom. The highest BCUT2D eigenvalue weighted by Crippen LogP contribution is 2.36. The number of nitrogens with one attached hydrogen (secondary N) is 1. The van der Waals surface area contributed by atoms with Crippen LogP contribution in [-0.4, -0.2) is 49.3 Å². The highest BCUT2D eigenvalue weighted by atomic mass is 32.2. The highest BCUT2D eigenvalue weighted by molar-refractivity contribution is 7.88. The fraction of sp³-hybridized carbons (Fsp3) is 0.250. The van der Waals surface area contributed by atoms with E-state index in [-0.39, 0.29) is 29.2 Å². The Balaban J connectivity index is 1.90. The number of hydrogen-bond acceptors (Lipinski definition) is 8. The van der Waals surface area contributed by atoms with Crippen molar-refractivity contribution >= 4 is 38.4 Å². The summed E-state index contributed by atoms with van der Waals surface area (Å²) in [5.41, 5.74) is 1.20. The number of anilines is 1. The molecule has 1 aliphatic heterocycles. The van der Waals surface area contributed by atoms with Crippen LogP contribution in [0.1, 0.15) is 29.3 Å². The lowest BCUT2D eigenvalue weighted by atomic mass is 9.99. The van der Waals surface area contributed by atoms with Crippen molar-refractivity contribution in [3.63, 3.8) is 0 Å². The van der Waals surface area contributed by atoms with Crippen LogP contribution in [0.15, 0.2) is 63.1 Å². The minimum atomic E-state index is -3.30. The van der Waals surface area contributed by atoms with E-state index in [4.69, 9.17) is 4.99 Å². The van der Waals surface area contributed by atoms with Crippen LogP contribution in [0, 0.1) is 29.6 Å². The number of nitriles is 2. The van der Waals surface area contributed by atoms with Crippen LogP contribution in [0.25, 0.3) is 11.1 Å². The van der Waals surface area contributed by atoms with E-state index < -0.39 is 21.3 Å². The van der Waals surface area contributed by atoms with Gasteiger partial charge < -0.3 is 4.90 Å². The van der Waals surface area contributed by atoms with Crippen molar-refractivity contribution in [2.24, 2.45) is 12.0 Å². The number of hydrogen-bond donors (Lipinski definition) is 1. The minimum absolute atomic E-state index is 0.0149. The van der Waals surface area contributed by atoms with Crippen molar-refractivity contribution in [2.75, 3.05) is 30.8 Å². The number of nitrogens with zero attached hydrogens (tertiary/aromatic N) is 6. The first-order valence-electron chi connectivity index (χ1n) is 12.4. The van der Waals surface area contributed by atoms with Gasteiger partial charge in [0.25, 0.3) is 5.56 Å². The molecule has 1 aliphatic rings. The van der Waals surface area contributed by atoms with E-state index in [1.54, 1.807) is 30.3 Å². The highest BCUT2D eigenvalue weighted by Gasteiger charge is 2.35. The standard InChI is InChI=1S/C28H27N7O4S/c1-5-34(14-13-31-40(4,38)39)20-11-12-23(18(2)15-20)32-26-24(19-9-7-6-8-10-19)21(16-29)25-22(17-30)27(36)33(3)28(37)35(25)26/h6-12,15,31H,5,13-14H2,1-4H3. The largest absolute Gasteiger partial charge is 0.370 e. The summed E-state index contributed by atoms with van der Waals surface area (Å²) in [7, 11) is -2.02. The molecule has 2 aromatic carbocycles. The van der Waals surface area contributed by atoms with Gasteiger partial charge in [-0.25, -0.2) is 27.5 Å². The molecule has 3 aromatic rings. The molecule has 1 N–H and O–H groups in total. The lowest BCUT2D eigenvalue weighted by Gasteiger charge is -2.24. The van der Waals surface area contributed by atoms with Crippen molar-refractivity contribution in [1.29, 1.82) is 10.5 Å². The quantitative estimate of drug-likeness (QED) is 0.445. The summed E-state index contributed by atoms with van der Waals surface area (Å²) in [6.07, 6.45) is 1.11. The van der Waals surface area contributed by atoms with E-state index in [2.05, 4.69) is 10.8 Å². The third-order valence-electron chi connectivity index (χ3n) is 6.56. The van der Waals surface area contributed by atoms with Crippen LogP contribution >= 0.6 is 0 Å². The van der Waals surface area contributed by atoms with Crippen molar-refractivity contribution in [2.45, 2.75) is 13.8 Å². The Morgan fingerprint density at radius 3 is 2.35 bits per heavy atom. The van der Waals surface area contributed by atoms with Crippen LogP contribution in [0.3, 0.4) is 0 Å². The zero-order valence-corrected chi connectivity index (χ0v) is 23.3. The van der Waals surface area contributed by atoms with Crippen LogP contribution < -0.4 is 20.9 Å². The number of allylic oxidation sites excluding steroid dienone is 2. The van der Waals surface area contributed by atoms with Crippen LogP contribution in [0.4, 0.5) is 11.4 Å². The van der Waals surface area contributed by atoms with Gasteiger partial charge in [0.1, 0.15) is 17.7 Å². The summed E-state index contributed by atoms with van der Waals surface area (Å²) in [5, 5.41) is 20.0. The van der Waals surface area contributed by atoms with Gasteiger partial charge >= 0.3 is 5.69 Å². The van der Waals surface area contributed by atoms with Crippen LogP contribution in [-0.2, 0) is 17.1 Å². The Morgan fingerprint density at radius 1 is 1.07 bits per heavy atom. The zero-order chi connectivity index (χ0) is 29.2. The van der Waals surface area contributed by atoms with Gasteiger partial charge in [-0.2, -0.15) is 10.5 Å². The van der Waals surface area contributed by atoms with E-state index in [0.717, 1.165) is 26.6 Å². The summed E-state index contributed by atoms with van der Waals surface area (Å²) >= 11 is 0. The summed E-state index contributed by atoms with van der Waals surface area (Å²) in [6, 6.07) is 18.4. The van der Waals surface area contributed by atoms with E-state index in [9.17, 15) is 28.5 Å². The van der Waals surface area contributed by atoms with Crippen molar-refractivity contribution in [3.8, 4) is 12.1 Å². The molecule has 0 saturated heterocycles. The molecule has 0 spiro atoms. The number of likely N-dealkylation sites (N-methyl/N-ethyl adjacent to an activating group) is 1. The normalized spacial score (nSPS) is 13.7. The predicted octanol–water partition coefficient (Wildman–Crippen LogP) is 2.13. The third kappa shape index (κ3) is 5.23. The topological polar surface area (TPSA) is 153 Å². The third-order valence-corrected chi connectivity index (χ3v) is 7.29. The Kier molecular flexibility index (Phi) is 7.86. The maximum absolute atomic E-state index is 13.4. The molecule has 0 radical (unpaired) electrons. The molecule has 0 bridgehead atoms. The van der Waals surface area contributed by atoms with Gasteiger partial charge in [-0.05, 0) is 43.2 Å². The first-order chi connectivity index (χ1) is 19.0. The maximum atomic E-state index is 13.4. The van der Waals surface area contributed by atoms with E-state index in [1.807, 2.05) is 43.0 Å². The number of aliphatic imine (C=N–C) groups is 1. The Bertz CT molecular complexity index is 1870. The molecule has 2 heterocycles. The number of fused-ring (bicyclic) bond motifs is 1. The molecule has 0 saturated carbocycles. The molecule has 0 fully saturated rings. The number of sulfonamides is 1. The average Bonchev–Trinajstić information content (AvgIpc) is 3.25. The summed E-state index contributed by atoms with van der Waals surface area (Å²) in [4.78, 5) is 33.0. The summed E-state index contributed by atoms with van der Waals surface area (Å²) < 4.78 is 27.4. The van der Waals surface area contributed by atoms with E-state index >= 15 is 0 Å². The van der Waals surface area contributed by atoms with Crippen LogP contribution in [0.2, 0.25) is 0 Å².